The Labute approximate surface area is 118 Å². The average Bonchev–Trinajstić information content (AvgIpc) is 2.91. The zero-order chi connectivity index (χ0) is 11.4. The molecule has 1 atom stereocenters. The topological polar surface area (TPSA) is 12.0 Å². The van der Waals surface area contributed by atoms with Crippen LogP contribution in [-0.2, 0) is 0 Å². The minimum Gasteiger partial charge on any atom is -0.306 e. The first-order chi connectivity index (χ1) is 7.81. The van der Waals surface area contributed by atoms with E-state index >= 15 is 0 Å². The van der Waals surface area contributed by atoms with Gasteiger partial charge in [0.25, 0.3) is 0 Å². The van der Waals surface area contributed by atoms with Crippen molar-refractivity contribution in [3.63, 3.8) is 0 Å². The monoisotopic (exact) mass is 363 g/mol. The van der Waals surface area contributed by atoms with Crippen LogP contribution in [0.15, 0.2) is 28.3 Å². The molecule has 2 aromatic rings. The molecule has 16 heavy (non-hydrogen) atoms. The third kappa shape index (κ3) is 3.06. The molecule has 0 saturated heterocycles. The first-order valence-electron chi connectivity index (χ1n) is 5.30. The maximum Gasteiger partial charge on any atom is 0.0656 e. The van der Waals surface area contributed by atoms with Crippen molar-refractivity contribution >= 4 is 45.3 Å². The van der Waals surface area contributed by atoms with Crippen molar-refractivity contribution in [1.82, 2.24) is 5.32 Å². The second-order valence-electron chi connectivity index (χ2n) is 3.63. The number of halogens is 1. The SMILES string of the molecule is CCCNC(c1ccsc1)c1csc(I)c1. The molecule has 0 aliphatic rings. The summed E-state index contributed by atoms with van der Waals surface area (Å²) in [5, 5.41) is 10.2. The van der Waals surface area contributed by atoms with E-state index in [1.165, 1.54) is 20.4 Å². The molecule has 0 spiro atoms. The summed E-state index contributed by atoms with van der Waals surface area (Å²) < 4.78 is 1.35. The number of rotatable bonds is 5. The Morgan fingerprint density at radius 3 is 2.81 bits per heavy atom. The van der Waals surface area contributed by atoms with Crippen LogP contribution < -0.4 is 5.32 Å². The Bertz CT molecular complexity index is 422. The van der Waals surface area contributed by atoms with E-state index in [1.54, 1.807) is 11.3 Å². The summed E-state index contributed by atoms with van der Waals surface area (Å²) in [6.07, 6.45) is 1.17. The van der Waals surface area contributed by atoms with Crippen LogP contribution in [0, 0.1) is 2.88 Å². The molecule has 0 aromatic carbocycles. The Hall–Kier alpha value is 0.0900. The summed E-state index contributed by atoms with van der Waals surface area (Å²) >= 11 is 5.96. The van der Waals surface area contributed by atoms with E-state index in [-0.39, 0.29) is 0 Å². The number of thiophene rings is 2. The van der Waals surface area contributed by atoms with E-state index in [0.717, 1.165) is 6.54 Å². The summed E-state index contributed by atoms with van der Waals surface area (Å²) in [7, 11) is 0. The van der Waals surface area contributed by atoms with Crippen molar-refractivity contribution in [3.05, 3.63) is 42.3 Å². The normalized spacial score (nSPS) is 12.9. The molecule has 0 fully saturated rings. The highest BCUT2D eigenvalue weighted by atomic mass is 127. The predicted molar refractivity (Wildman–Crippen MR) is 81.5 cm³/mol. The zero-order valence-corrected chi connectivity index (χ0v) is 12.9. The van der Waals surface area contributed by atoms with Crippen LogP contribution >= 0.6 is 45.3 Å². The lowest BCUT2D eigenvalue weighted by atomic mass is 10.0. The fourth-order valence-corrected chi connectivity index (χ4v) is 3.71. The van der Waals surface area contributed by atoms with Gasteiger partial charge in [-0.3, -0.25) is 0 Å². The summed E-state index contributed by atoms with van der Waals surface area (Å²) in [5.74, 6) is 0. The Morgan fingerprint density at radius 2 is 2.25 bits per heavy atom. The minimum atomic E-state index is 0.367. The highest BCUT2D eigenvalue weighted by Gasteiger charge is 2.14. The van der Waals surface area contributed by atoms with Gasteiger partial charge in [-0.2, -0.15) is 11.3 Å². The molecule has 4 heteroatoms. The molecule has 0 aliphatic carbocycles. The molecule has 0 aliphatic heterocycles. The van der Waals surface area contributed by atoms with Gasteiger partial charge in [-0.25, -0.2) is 0 Å². The van der Waals surface area contributed by atoms with Crippen molar-refractivity contribution in [3.8, 4) is 0 Å². The molecule has 0 amide bonds. The molecule has 1 unspecified atom stereocenters. The summed E-state index contributed by atoms with van der Waals surface area (Å²) in [4.78, 5) is 0. The van der Waals surface area contributed by atoms with Gasteiger partial charge in [0.05, 0.1) is 8.93 Å². The third-order valence-electron chi connectivity index (χ3n) is 2.40. The summed E-state index contributed by atoms with van der Waals surface area (Å²) in [5.41, 5.74) is 2.77. The van der Waals surface area contributed by atoms with E-state index in [9.17, 15) is 0 Å². The van der Waals surface area contributed by atoms with Crippen LogP contribution in [0.3, 0.4) is 0 Å². The van der Waals surface area contributed by atoms with Gasteiger partial charge in [0.15, 0.2) is 0 Å². The second kappa shape index (κ2) is 6.14. The molecule has 0 radical (unpaired) electrons. The van der Waals surface area contributed by atoms with Crippen LogP contribution in [-0.4, -0.2) is 6.54 Å². The highest BCUT2D eigenvalue weighted by Crippen LogP contribution is 2.28. The zero-order valence-electron chi connectivity index (χ0n) is 9.07. The van der Waals surface area contributed by atoms with Crippen molar-refractivity contribution in [2.75, 3.05) is 6.54 Å². The smallest absolute Gasteiger partial charge is 0.0656 e. The predicted octanol–water partition coefficient (Wildman–Crippen LogP) is 4.50. The third-order valence-corrected chi connectivity index (χ3v) is 4.90. The molecule has 2 aromatic heterocycles. The van der Waals surface area contributed by atoms with Crippen molar-refractivity contribution < 1.29 is 0 Å². The minimum absolute atomic E-state index is 0.367. The van der Waals surface area contributed by atoms with Crippen molar-refractivity contribution in [2.45, 2.75) is 19.4 Å². The van der Waals surface area contributed by atoms with Crippen LogP contribution in [0.1, 0.15) is 30.5 Å². The molecular weight excluding hydrogens is 349 g/mol. The van der Waals surface area contributed by atoms with Gasteiger partial charge in [0.2, 0.25) is 0 Å². The van der Waals surface area contributed by atoms with Crippen LogP contribution in [0.4, 0.5) is 0 Å². The maximum absolute atomic E-state index is 3.61. The molecule has 0 bridgehead atoms. The lowest BCUT2D eigenvalue weighted by molar-refractivity contribution is 0.601. The first kappa shape index (κ1) is 12.5. The van der Waals surface area contributed by atoms with E-state index < -0.39 is 0 Å². The fourth-order valence-electron chi connectivity index (χ4n) is 1.63. The quantitative estimate of drug-likeness (QED) is 0.772. The van der Waals surface area contributed by atoms with Crippen LogP contribution in [0.25, 0.3) is 0 Å². The Kier molecular flexibility index (Phi) is 4.81. The first-order valence-corrected chi connectivity index (χ1v) is 8.20. The molecule has 0 saturated carbocycles. The van der Waals surface area contributed by atoms with E-state index in [1.807, 2.05) is 11.3 Å². The average molecular weight is 363 g/mol. The van der Waals surface area contributed by atoms with E-state index in [0.29, 0.717) is 6.04 Å². The van der Waals surface area contributed by atoms with Gasteiger partial charge >= 0.3 is 0 Å². The lowest BCUT2D eigenvalue weighted by Crippen LogP contribution is -2.22. The molecular formula is C12H14INS2. The molecule has 86 valence electrons. The van der Waals surface area contributed by atoms with Crippen molar-refractivity contribution in [2.24, 2.45) is 0 Å². The fraction of sp³-hybridized carbons (Fsp3) is 0.333. The highest BCUT2D eigenvalue weighted by molar-refractivity contribution is 14.1. The Morgan fingerprint density at radius 1 is 1.38 bits per heavy atom. The Balaban J connectivity index is 2.21. The number of hydrogen-bond donors (Lipinski definition) is 1. The van der Waals surface area contributed by atoms with Gasteiger partial charge in [-0.1, -0.05) is 6.92 Å². The van der Waals surface area contributed by atoms with Crippen LogP contribution in [0.5, 0.6) is 0 Å². The number of hydrogen-bond acceptors (Lipinski definition) is 3. The van der Waals surface area contributed by atoms with E-state index in [4.69, 9.17) is 0 Å². The number of nitrogens with one attached hydrogen (secondary N) is 1. The van der Waals surface area contributed by atoms with Gasteiger partial charge in [-0.05, 0) is 75.0 Å². The van der Waals surface area contributed by atoms with Crippen LogP contribution in [0.2, 0.25) is 0 Å². The standard InChI is InChI=1S/C12H14INS2/c1-2-4-14-12(9-3-5-15-7-9)10-6-11(13)16-8-10/h3,5-8,12,14H,2,4H2,1H3. The molecule has 1 nitrogen and oxygen atoms in total. The molecule has 1 N–H and O–H groups in total. The second-order valence-corrected chi connectivity index (χ2v) is 7.21. The summed E-state index contributed by atoms with van der Waals surface area (Å²) in [6, 6.07) is 4.85. The largest absolute Gasteiger partial charge is 0.306 e. The summed E-state index contributed by atoms with van der Waals surface area (Å²) in [6.45, 7) is 3.27. The van der Waals surface area contributed by atoms with Gasteiger partial charge in [0, 0.05) is 0 Å². The maximum atomic E-state index is 3.61. The van der Waals surface area contributed by atoms with Crippen molar-refractivity contribution in [1.29, 1.82) is 0 Å². The van der Waals surface area contributed by atoms with Gasteiger partial charge < -0.3 is 5.32 Å². The van der Waals surface area contributed by atoms with E-state index in [2.05, 4.69) is 63.1 Å². The van der Waals surface area contributed by atoms with Gasteiger partial charge in [-0.15, -0.1) is 11.3 Å². The van der Waals surface area contributed by atoms with Gasteiger partial charge in [0.1, 0.15) is 0 Å². The molecule has 2 heterocycles. The lowest BCUT2D eigenvalue weighted by Gasteiger charge is -2.16. The molecule has 2 rings (SSSR count).